The monoisotopic (exact) mass is 292 g/mol. The largest absolute Gasteiger partial charge is 0.444 e. The van der Waals surface area contributed by atoms with Crippen LogP contribution in [0.15, 0.2) is 0 Å². The number of carbonyl (C=O) groups is 1. The SMILES string of the molecule is CC(C)(C)OC(=O)N1CCCCC1C1(O)CNC1.Cl. The Morgan fingerprint density at radius 1 is 1.37 bits per heavy atom. The molecule has 0 aromatic carbocycles. The van der Waals surface area contributed by atoms with Crippen molar-refractivity contribution in [1.29, 1.82) is 0 Å². The van der Waals surface area contributed by atoms with Gasteiger partial charge in [0.1, 0.15) is 11.2 Å². The Labute approximate surface area is 121 Å². The Kier molecular flexibility index (Phi) is 5.09. The molecule has 2 aliphatic heterocycles. The minimum Gasteiger partial charge on any atom is -0.444 e. The zero-order valence-corrected chi connectivity index (χ0v) is 12.8. The van der Waals surface area contributed by atoms with Gasteiger partial charge in [0, 0.05) is 19.6 Å². The number of nitrogens with zero attached hydrogens (tertiary/aromatic N) is 1. The van der Waals surface area contributed by atoms with Crippen LogP contribution in [0.4, 0.5) is 4.79 Å². The second kappa shape index (κ2) is 5.85. The number of hydrogen-bond acceptors (Lipinski definition) is 4. The van der Waals surface area contributed by atoms with E-state index in [0.717, 1.165) is 19.3 Å². The van der Waals surface area contributed by atoms with E-state index >= 15 is 0 Å². The number of aliphatic hydroxyl groups is 1. The van der Waals surface area contributed by atoms with Crippen LogP contribution in [-0.4, -0.2) is 53.0 Å². The minimum absolute atomic E-state index is 0. The predicted octanol–water partition coefficient (Wildman–Crippen LogP) is 1.53. The first-order chi connectivity index (χ1) is 8.32. The van der Waals surface area contributed by atoms with Crippen molar-refractivity contribution >= 4 is 18.5 Å². The molecule has 0 aromatic heterocycles. The smallest absolute Gasteiger partial charge is 0.410 e. The molecule has 112 valence electrons. The Bertz CT molecular complexity index is 326. The number of nitrogens with one attached hydrogen (secondary N) is 1. The van der Waals surface area contributed by atoms with Crippen LogP contribution in [0.2, 0.25) is 0 Å². The number of ether oxygens (including phenoxy) is 1. The average molecular weight is 293 g/mol. The van der Waals surface area contributed by atoms with Crippen molar-refractivity contribution in [2.45, 2.75) is 57.3 Å². The van der Waals surface area contributed by atoms with Gasteiger partial charge >= 0.3 is 6.09 Å². The van der Waals surface area contributed by atoms with Gasteiger partial charge in [-0.1, -0.05) is 0 Å². The van der Waals surface area contributed by atoms with E-state index in [-0.39, 0.29) is 24.5 Å². The van der Waals surface area contributed by atoms with E-state index in [2.05, 4.69) is 5.32 Å². The number of carbonyl (C=O) groups excluding carboxylic acids is 1. The van der Waals surface area contributed by atoms with Gasteiger partial charge in [0.05, 0.1) is 6.04 Å². The molecule has 1 atom stereocenters. The summed E-state index contributed by atoms with van der Waals surface area (Å²) in [7, 11) is 0. The van der Waals surface area contributed by atoms with Crippen molar-refractivity contribution in [1.82, 2.24) is 10.2 Å². The molecule has 5 nitrogen and oxygen atoms in total. The molecule has 0 aromatic rings. The summed E-state index contributed by atoms with van der Waals surface area (Å²) < 4.78 is 5.43. The lowest BCUT2D eigenvalue weighted by Gasteiger charge is -2.50. The molecule has 2 rings (SSSR count). The fraction of sp³-hybridized carbons (Fsp3) is 0.923. The first-order valence-corrected chi connectivity index (χ1v) is 6.75. The van der Waals surface area contributed by atoms with E-state index in [0.29, 0.717) is 19.6 Å². The molecule has 0 bridgehead atoms. The lowest BCUT2D eigenvalue weighted by atomic mass is 9.82. The molecule has 2 heterocycles. The molecule has 1 unspecified atom stereocenters. The molecule has 0 saturated carbocycles. The van der Waals surface area contributed by atoms with Crippen LogP contribution in [-0.2, 0) is 4.74 Å². The number of β-amino-alcohol motifs (C(OH)–C–C–N with tert-alkyl or cyclic N) is 1. The molecule has 0 spiro atoms. The molecule has 2 saturated heterocycles. The number of halogens is 1. The third-order valence-corrected chi connectivity index (χ3v) is 3.61. The van der Waals surface area contributed by atoms with Gasteiger partial charge in [-0.25, -0.2) is 4.79 Å². The van der Waals surface area contributed by atoms with Gasteiger partial charge in [0.25, 0.3) is 0 Å². The fourth-order valence-corrected chi connectivity index (χ4v) is 2.65. The van der Waals surface area contributed by atoms with Crippen LogP contribution >= 0.6 is 12.4 Å². The minimum atomic E-state index is -0.767. The second-order valence-electron chi connectivity index (χ2n) is 6.39. The zero-order chi connectivity index (χ0) is 13.4. The van der Waals surface area contributed by atoms with E-state index in [1.807, 2.05) is 20.8 Å². The van der Waals surface area contributed by atoms with Crippen molar-refractivity contribution in [3.63, 3.8) is 0 Å². The van der Waals surface area contributed by atoms with Gasteiger partial charge in [-0.2, -0.15) is 0 Å². The summed E-state index contributed by atoms with van der Waals surface area (Å²) in [4.78, 5) is 13.9. The first kappa shape index (κ1) is 16.5. The lowest BCUT2D eigenvalue weighted by molar-refractivity contribution is -0.0953. The Morgan fingerprint density at radius 3 is 2.47 bits per heavy atom. The molecule has 2 fully saturated rings. The molecule has 19 heavy (non-hydrogen) atoms. The Hall–Kier alpha value is -0.520. The highest BCUT2D eigenvalue weighted by atomic mass is 35.5. The highest BCUT2D eigenvalue weighted by molar-refractivity contribution is 5.85. The maximum Gasteiger partial charge on any atom is 0.410 e. The predicted molar refractivity (Wildman–Crippen MR) is 75.6 cm³/mol. The summed E-state index contributed by atoms with van der Waals surface area (Å²) in [6.45, 7) is 7.41. The van der Waals surface area contributed by atoms with Crippen molar-refractivity contribution < 1.29 is 14.6 Å². The fourth-order valence-electron chi connectivity index (χ4n) is 2.65. The molecule has 6 heteroatoms. The average Bonchev–Trinajstić information content (AvgIpc) is 2.23. The molecule has 0 radical (unpaired) electrons. The summed E-state index contributed by atoms with van der Waals surface area (Å²) in [6, 6.07) is -0.109. The highest BCUT2D eigenvalue weighted by Gasteiger charge is 2.48. The van der Waals surface area contributed by atoms with E-state index in [4.69, 9.17) is 4.74 Å². The lowest BCUT2D eigenvalue weighted by Crippen LogP contribution is -2.71. The topological polar surface area (TPSA) is 61.8 Å². The summed E-state index contributed by atoms with van der Waals surface area (Å²) >= 11 is 0. The zero-order valence-electron chi connectivity index (χ0n) is 11.9. The Morgan fingerprint density at radius 2 is 2.00 bits per heavy atom. The van der Waals surface area contributed by atoms with Crippen LogP contribution in [0.1, 0.15) is 40.0 Å². The first-order valence-electron chi connectivity index (χ1n) is 6.75. The summed E-state index contributed by atoms with van der Waals surface area (Å²) in [5.41, 5.74) is -1.25. The number of amides is 1. The maximum atomic E-state index is 12.2. The number of rotatable bonds is 1. The summed E-state index contributed by atoms with van der Waals surface area (Å²) in [5, 5.41) is 13.5. The van der Waals surface area contributed by atoms with Crippen molar-refractivity contribution in [2.75, 3.05) is 19.6 Å². The molecule has 1 amide bonds. The van der Waals surface area contributed by atoms with Gasteiger partial charge in [-0.15, -0.1) is 12.4 Å². The van der Waals surface area contributed by atoms with Crippen LogP contribution in [0.5, 0.6) is 0 Å². The quantitative estimate of drug-likeness (QED) is 0.769. The molecular formula is C13H25ClN2O3. The van der Waals surface area contributed by atoms with Gasteiger partial charge in [0.2, 0.25) is 0 Å². The van der Waals surface area contributed by atoms with Crippen LogP contribution in [0, 0.1) is 0 Å². The van der Waals surface area contributed by atoms with E-state index < -0.39 is 11.2 Å². The molecule has 2 aliphatic rings. The highest BCUT2D eigenvalue weighted by Crippen LogP contribution is 2.30. The molecule has 2 N–H and O–H groups in total. The number of hydrogen-bond donors (Lipinski definition) is 2. The standard InChI is InChI=1S/C13H24N2O3.ClH/c1-12(2,3)18-11(16)15-7-5-4-6-10(15)13(17)8-14-9-13;/h10,14,17H,4-9H2,1-3H3;1H. The van der Waals surface area contributed by atoms with Gasteiger partial charge < -0.3 is 20.1 Å². The van der Waals surface area contributed by atoms with E-state index in [1.54, 1.807) is 4.90 Å². The summed E-state index contributed by atoms with van der Waals surface area (Å²) in [6.07, 6.45) is 2.61. The second-order valence-corrected chi connectivity index (χ2v) is 6.39. The Balaban J connectivity index is 0.00000180. The number of piperidine rings is 1. The van der Waals surface area contributed by atoms with Crippen LogP contribution < -0.4 is 5.32 Å². The third kappa shape index (κ3) is 3.74. The van der Waals surface area contributed by atoms with Gasteiger partial charge in [-0.3, -0.25) is 0 Å². The molecular weight excluding hydrogens is 268 g/mol. The third-order valence-electron chi connectivity index (χ3n) is 3.61. The van der Waals surface area contributed by atoms with Crippen molar-refractivity contribution in [3.05, 3.63) is 0 Å². The normalized spacial score (nSPS) is 26.1. The number of likely N-dealkylation sites (tertiary alicyclic amines) is 1. The van der Waals surface area contributed by atoms with Crippen molar-refractivity contribution in [3.8, 4) is 0 Å². The van der Waals surface area contributed by atoms with E-state index in [1.165, 1.54) is 0 Å². The molecule has 0 aliphatic carbocycles. The van der Waals surface area contributed by atoms with E-state index in [9.17, 15) is 9.90 Å². The summed E-state index contributed by atoms with van der Waals surface area (Å²) in [5.74, 6) is 0. The van der Waals surface area contributed by atoms with Gasteiger partial charge in [-0.05, 0) is 40.0 Å². The van der Waals surface area contributed by atoms with Crippen LogP contribution in [0.3, 0.4) is 0 Å². The van der Waals surface area contributed by atoms with Crippen molar-refractivity contribution in [2.24, 2.45) is 0 Å². The van der Waals surface area contributed by atoms with Crippen LogP contribution in [0.25, 0.3) is 0 Å². The van der Waals surface area contributed by atoms with Gasteiger partial charge in [0.15, 0.2) is 0 Å². The maximum absolute atomic E-state index is 12.2.